The summed E-state index contributed by atoms with van der Waals surface area (Å²) in [5.74, 6) is -0.816. The second-order valence-corrected chi connectivity index (χ2v) is 10.0. The summed E-state index contributed by atoms with van der Waals surface area (Å²) >= 11 is 12.1. The molecule has 0 saturated heterocycles. The zero-order valence-electron chi connectivity index (χ0n) is 18.2. The highest BCUT2D eigenvalue weighted by atomic mass is 35.5. The molecule has 2 amide bonds. The summed E-state index contributed by atoms with van der Waals surface area (Å²) in [7, 11) is -2.34. The molecule has 0 unspecified atom stereocenters. The fraction of sp³-hybridized carbons (Fsp3) is 0.364. The first kappa shape index (κ1) is 26.0. The van der Waals surface area contributed by atoms with E-state index in [-0.39, 0.29) is 28.2 Å². The van der Waals surface area contributed by atoms with Crippen molar-refractivity contribution >= 4 is 50.7 Å². The molecule has 0 radical (unpaired) electrons. The molecule has 174 valence electrons. The van der Waals surface area contributed by atoms with E-state index in [9.17, 15) is 18.0 Å². The lowest BCUT2D eigenvalue weighted by Crippen LogP contribution is -2.52. The lowest BCUT2D eigenvalue weighted by atomic mass is 10.1. The minimum atomic E-state index is -3.84. The van der Waals surface area contributed by atoms with Crippen LogP contribution in [0.4, 0.5) is 5.69 Å². The van der Waals surface area contributed by atoms with E-state index >= 15 is 0 Å². The molecule has 0 aliphatic heterocycles. The van der Waals surface area contributed by atoms with Gasteiger partial charge in [-0.25, -0.2) is 8.42 Å². The predicted octanol–water partition coefficient (Wildman–Crippen LogP) is 3.36. The number of benzene rings is 2. The van der Waals surface area contributed by atoms with Crippen molar-refractivity contribution < 1.29 is 18.0 Å². The van der Waals surface area contributed by atoms with E-state index in [1.54, 1.807) is 6.92 Å². The zero-order chi connectivity index (χ0) is 23.9. The normalized spacial score (nSPS) is 12.2. The lowest BCUT2D eigenvalue weighted by Gasteiger charge is -2.32. The van der Waals surface area contributed by atoms with Crippen LogP contribution in [0.1, 0.15) is 18.9 Å². The first-order valence-corrected chi connectivity index (χ1v) is 12.7. The number of nitrogens with zero attached hydrogens (tertiary/aromatic N) is 2. The number of anilines is 1. The van der Waals surface area contributed by atoms with Crippen molar-refractivity contribution in [3.05, 3.63) is 64.1 Å². The third-order valence-electron chi connectivity index (χ3n) is 4.93. The van der Waals surface area contributed by atoms with E-state index < -0.39 is 28.5 Å². The van der Waals surface area contributed by atoms with Crippen LogP contribution in [0.2, 0.25) is 10.0 Å². The van der Waals surface area contributed by atoms with Gasteiger partial charge in [-0.1, -0.05) is 60.5 Å². The summed E-state index contributed by atoms with van der Waals surface area (Å²) in [5, 5.41) is 3.06. The molecule has 2 rings (SSSR count). The lowest BCUT2D eigenvalue weighted by molar-refractivity contribution is -0.139. The third kappa shape index (κ3) is 7.12. The van der Waals surface area contributed by atoms with Gasteiger partial charge in [-0.2, -0.15) is 0 Å². The Bertz CT molecular complexity index is 1030. The van der Waals surface area contributed by atoms with Gasteiger partial charge in [-0.3, -0.25) is 13.9 Å². The van der Waals surface area contributed by atoms with Crippen LogP contribution in [0.5, 0.6) is 0 Å². The Morgan fingerprint density at radius 2 is 1.66 bits per heavy atom. The van der Waals surface area contributed by atoms with Crippen molar-refractivity contribution in [2.45, 2.75) is 25.8 Å². The van der Waals surface area contributed by atoms with Crippen LogP contribution < -0.4 is 9.62 Å². The minimum Gasteiger partial charge on any atom is -0.357 e. The summed E-state index contributed by atoms with van der Waals surface area (Å²) in [6.45, 7) is 1.56. The van der Waals surface area contributed by atoms with Crippen LogP contribution in [0.25, 0.3) is 0 Å². The van der Waals surface area contributed by atoms with E-state index in [2.05, 4.69) is 5.32 Å². The summed E-state index contributed by atoms with van der Waals surface area (Å²) < 4.78 is 26.0. The van der Waals surface area contributed by atoms with Crippen LogP contribution in [-0.2, 0) is 26.0 Å². The summed E-state index contributed by atoms with van der Waals surface area (Å²) in [6, 6.07) is 13.1. The van der Waals surface area contributed by atoms with Crippen LogP contribution >= 0.6 is 23.2 Å². The first-order chi connectivity index (χ1) is 15.1. The predicted molar refractivity (Wildman–Crippen MR) is 129 cm³/mol. The third-order valence-corrected chi connectivity index (χ3v) is 6.51. The van der Waals surface area contributed by atoms with Gasteiger partial charge in [0.1, 0.15) is 12.6 Å². The van der Waals surface area contributed by atoms with Gasteiger partial charge in [0.05, 0.1) is 11.9 Å². The van der Waals surface area contributed by atoms with Crippen molar-refractivity contribution in [3.8, 4) is 0 Å². The van der Waals surface area contributed by atoms with Gasteiger partial charge in [0, 0.05) is 23.6 Å². The highest BCUT2D eigenvalue weighted by Gasteiger charge is 2.31. The molecule has 2 aromatic rings. The van der Waals surface area contributed by atoms with Gasteiger partial charge in [-0.15, -0.1) is 0 Å². The Labute approximate surface area is 199 Å². The molecule has 0 spiro atoms. The molecule has 0 bridgehead atoms. The molecule has 32 heavy (non-hydrogen) atoms. The zero-order valence-corrected chi connectivity index (χ0v) is 20.5. The summed E-state index contributed by atoms with van der Waals surface area (Å²) in [5.41, 5.74) is 1.17. The van der Waals surface area contributed by atoms with Crippen LogP contribution in [-0.4, -0.2) is 57.6 Å². The monoisotopic (exact) mass is 499 g/mol. The fourth-order valence-corrected chi connectivity index (χ4v) is 4.71. The van der Waals surface area contributed by atoms with Gasteiger partial charge >= 0.3 is 0 Å². The minimum absolute atomic E-state index is 0.175. The number of hydrogen-bond donors (Lipinski definition) is 1. The van der Waals surface area contributed by atoms with E-state index in [1.165, 1.54) is 30.1 Å². The van der Waals surface area contributed by atoms with Gasteiger partial charge < -0.3 is 10.2 Å². The van der Waals surface area contributed by atoms with Gasteiger partial charge in [0.15, 0.2) is 0 Å². The molecule has 0 fully saturated rings. The Morgan fingerprint density at radius 3 is 2.16 bits per heavy atom. The number of rotatable bonds is 10. The van der Waals surface area contributed by atoms with Crippen molar-refractivity contribution in [2.75, 3.05) is 30.7 Å². The average molecular weight is 500 g/mol. The second-order valence-electron chi connectivity index (χ2n) is 7.26. The molecule has 1 atom stereocenters. The maximum Gasteiger partial charge on any atom is 0.244 e. The summed E-state index contributed by atoms with van der Waals surface area (Å²) in [4.78, 5) is 27.3. The maximum atomic E-state index is 13.4. The number of hydrogen-bond acceptors (Lipinski definition) is 4. The SMILES string of the molecule is CC[C@H](C(=O)NC)N(CCc1ccccc1)C(=O)CN(c1cc(Cl)cc(Cl)c1)S(C)(=O)=O. The van der Waals surface area contributed by atoms with Gasteiger partial charge in [0.25, 0.3) is 0 Å². The van der Waals surface area contributed by atoms with Gasteiger partial charge in [-0.05, 0) is 36.6 Å². The van der Waals surface area contributed by atoms with Crippen molar-refractivity contribution in [3.63, 3.8) is 0 Å². The quantitative estimate of drug-likeness (QED) is 0.542. The van der Waals surface area contributed by atoms with E-state index in [1.807, 2.05) is 30.3 Å². The topological polar surface area (TPSA) is 86.8 Å². The Kier molecular flexibility index (Phi) is 9.36. The number of likely N-dealkylation sites (N-methyl/N-ethyl adjacent to an activating group) is 1. The average Bonchev–Trinajstić information content (AvgIpc) is 2.73. The molecular weight excluding hydrogens is 473 g/mol. The number of nitrogens with one attached hydrogen (secondary N) is 1. The van der Waals surface area contributed by atoms with Crippen LogP contribution in [0.3, 0.4) is 0 Å². The Balaban J connectivity index is 2.37. The van der Waals surface area contributed by atoms with Crippen molar-refractivity contribution in [1.29, 1.82) is 0 Å². The second kappa shape index (κ2) is 11.5. The van der Waals surface area contributed by atoms with Crippen molar-refractivity contribution in [2.24, 2.45) is 0 Å². The van der Waals surface area contributed by atoms with Crippen LogP contribution in [0, 0.1) is 0 Å². The summed E-state index contributed by atoms with van der Waals surface area (Å²) in [6.07, 6.45) is 1.89. The first-order valence-electron chi connectivity index (χ1n) is 10.1. The fourth-order valence-electron chi connectivity index (χ4n) is 3.36. The Morgan fingerprint density at radius 1 is 1.06 bits per heavy atom. The molecule has 0 saturated carbocycles. The smallest absolute Gasteiger partial charge is 0.244 e. The number of amides is 2. The van der Waals surface area contributed by atoms with E-state index in [4.69, 9.17) is 23.2 Å². The maximum absolute atomic E-state index is 13.4. The molecule has 2 aromatic carbocycles. The Hall–Kier alpha value is -2.29. The molecule has 1 N–H and O–H groups in total. The number of carbonyl (C=O) groups is 2. The highest BCUT2D eigenvalue weighted by molar-refractivity contribution is 7.92. The molecule has 0 aliphatic carbocycles. The molecule has 0 heterocycles. The molecule has 0 aromatic heterocycles. The largest absolute Gasteiger partial charge is 0.357 e. The van der Waals surface area contributed by atoms with E-state index in [0.29, 0.717) is 12.8 Å². The highest BCUT2D eigenvalue weighted by Crippen LogP contribution is 2.27. The molecular formula is C22H27Cl2N3O4S. The van der Waals surface area contributed by atoms with Gasteiger partial charge in [0.2, 0.25) is 21.8 Å². The molecule has 10 heteroatoms. The standard InChI is InChI=1S/C22H27Cl2N3O4S/c1-4-20(22(29)25-2)26(11-10-16-8-6-5-7-9-16)21(28)15-27(32(3,30)31)19-13-17(23)12-18(24)14-19/h5-9,12-14,20H,4,10-11,15H2,1-3H3,(H,25,29)/t20-/m1/s1. The number of carbonyl (C=O) groups excluding carboxylic acids is 2. The van der Waals surface area contributed by atoms with Crippen molar-refractivity contribution in [1.82, 2.24) is 10.2 Å². The molecule has 0 aliphatic rings. The number of sulfonamides is 1. The number of halogens is 2. The van der Waals surface area contributed by atoms with E-state index in [0.717, 1.165) is 16.1 Å². The molecule has 7 nitrogen and oxygen atoms in total. The van der Waals surface area contributed by atoms with Crippen LogP contribution in [0.15, 0.2) is 48.5 Å².